The average molecular weight is 490 g/mol. The Morgan fingerprint density at radius 3 is 2.49 bits per heavy atom. The molecule has 1 N–H and O–H groups in total. The van der Waals surface area contributed by atoms with Crippen molar-refractivity contribution in [3.05, 3.63) is 89.0 Å². The lowest BCUT2D eigenvalue weighted by atomic mass is 9.80. The minimum Gasteiger partial charge on any atom is -0.447 e. The summed E-state index contributed by atoms with van der Waals surface area (Å²) in [5.41, 5.74) is 5.97. The summed E-state index contributed by atoms with van der Waals surface area (Å²) in [4.78, 5) is 4.85. The van der Waals surface area contributed by atoms with Gasteiger partial charge in [0.25, 0.3) is 12.6 Å². The number of nitrogens with zero attached hydrogens (tertiary/aromatic N) is 2. The molecule has 5 heteroatoms. The molecule has 4 aliphatic rings. The van der Waals surface area contributed by atoms with E-state index in [0.717, 1.165) is 28.0 Å². The fourth-order valence-electron chi connectivity index (χ4n) is 6.89. The Labute approximate surface area is 215 Å². The molecule has 1 fully saturated rings. The van der Waals surface area contributed by atoms with Crippen LogP contribution in [0.15, 0.2) is 71.7 Å². The van der Waals surface area contributed by atoms with Gasteiger partial charge in [0.15, 0.2) is 6.04 Å². The number of fused-ring (bicyclic) bond motifs is 12. The molecule has 5 unspecified atom stereocenters. The van der Waals surface area contributed by atoms with E-state index in [1.54, 1.807) is 7.11 Å². The average Bonchev–Trinajstić information content (AvgIpc) is 3.36. The lowest BCUT2D eigenvalue weighted by Crippen LogP contribution is -2.41. The quantitative estimate of drug-likeness (QED) is 0.286. The molecule has 5 nitrogen and oxygen atoms in total. The number of rotatable bonds is 1. The van der Waals surface area contributed by atoms with Gasteiger partial charge in [0.05, 0.1) is 5.92 Å². The standard InChI is InChI=1S/C32H29N2O3/c1-31(2,3)20-10-12-21-19(13-20)9-11-22-25(21)28-26-23-14-17-7-5-6-8-18(17)15-24(23)37-30(26)33-16-34(28)29-27(22)32(29,35)36-4/h5-16,26-27,29-30,35H,1-4H3/q+1. The first kappa shape index (κ1) is 21.5. The Hall–Kier alpha value is -3.54. The normalized spacial score (nSPS) is 28.9. The SMILES string of the molecule is COC1(O)C2c3ccc4cc(C(C)(C)C)ccc4c3C3=[N+](C=NC4Oc5cc6ccccc6cc5C34)C21. The highest BCUT2D eigenvalue weighted by Gasteiger charge is 2.75. The second-order valence-electron chi connectivity index (χ2n) is 11.9. The summed E-state index contributed by atoms with van der Waals surface area (Å²) in [5, 5.41) is 16.3. The van der Waals surface area contributed by atoms with Crippen LogP contribution in [0.4, 0.5) is 0 Å². The lowest BCUT2D eigenvalue weighted by molar-refractivity contribution is -0.444. The van der Waals surface area contributed by atoms with E-state index in [0.29, 0.717) is 0 Å². The van der Waals surface area contributed by atoms with Crippen molar-refractivity contribution in [3.63, 3.8) is 0 Å². The summed E-state index contributed by atoms with van der Waals surface area (Å²) in [6, 6.07) is 23.8. The highest BCUT2D eigenvalue weighted by Crippen LogP contribution is 2.60. The first-order chi connectivity index (χ1) is 17.8. The minimum absolute atomic E-state index is 0.0586. The molecule has 0 bridgehead atoms. The van der Waals surface area contributed by atoms with Crippen molar-refractivity contribution >= 4 is 33.6 Å². The van der Waals surface area contributed by atoms with E-state index in [9.17, 15) is 5.11 Å². The van der Waals surface area contributed by atoms with Gasteiger partial charge >= 0.3 is 0 Å². The van der Waals surface area contributed by atoms with Crippen LogP contribution >= 0.6 is 0 Å². The summed E-state index contributed by atoms with van der Waals surface area (Å²) >= 11 is 0. The first-order valence-corrected chi connectivity index (χ1v) is 13.0. The maximum atomic E-state index is 11.5. The molecule has 3 aliphatic heterocycles. The predicted molar refractivity (Wildman–Crippen MR) is 145 cm³/mol. The van der Waals surface area contributed by atoms with E-state index in [4.69, 9.17) is 14.5 Å². The zero-order valence-corrected chi connectivity index (χ0v) is 21.4. The van der Waals surface area contributed by atoms with E-state index < -0.39 is 5.79 Å². The van der Waals surface area contributed by atoms with Gasteiger partial charge in [-0.1, -0.05) is 75.4 Å². The third kappa shape index (κ3) is 2.71. The van der Waals surface area contributed by atoms with E-state index in [-0.39, 0.29) is 29.5 Å². The molecule has 0 spiro atoms. The molecule has 4 aromatic rings. The van der Waals surface area contributed by atoms with Crippen LogP contribution in [0.25, 0.3) is 21.5 Å². The zero-order valence-electron chi connectivity index (χ0n) is 21.4. The Bertz CT molecular complexity index is 1730. The fraction of sp³-hybridized carbons (Fsp3) is 0.312. The second-order valence-corrected chi connectivity index (χ2v) is 11.9. The number of aliphatic hydroxyl groups is 1. The number of ether oxygens (including phenoxy) is 2. The monoisotopic (exact) mass is 489 g/mol. The number of hydrogen-bond acceptors (Lipinski definition) is 4. The molecular formula is C32H29N2O3+. The molecule has 0 aromatic heterocycles. The Morgan fingerprint density at radius 1 is 0.946 bits per heavy atom. The van der Waals surface area contributed by atoms with Crippen LogP contribution in [0.3, 0.4) is 0 Å². The Kier molecular flexibility index (Phi) is 3.99. The van der Waals surface area contributed by atoms with Gasteiger partial charge in [0, 0.05) is 18.2 Å². The molecule has 37 heavy (non-hydrogen) atoms. The molecule has 0 amide bonds. The van der Waals surface area contributed by atoms with Gasteiger partial charge in [0.1, 0.15) is 17.4 Å². The summed E-state index contributed by atoms with van der Waals surface area (Å²) in [7, 11) is 1.60. The first-order valence-electron chi connectivity index (χ1n) is 13.0. The highest BCUT2D eigenvalue weighted by molar-refractivity contribution is 6.16. The number of hydrogen-bond donors (Lipinski definition) is 1. The van der Waals surface area contributed by atoms with Gasteiger partial charge in [-0.05, 0) is 55.2 Å². The summed E-state index contributed by atoms with van der Waals surface area (Å²) < 4.78 is 14.3. The summed E-state index contributed by atoms with van der Waals surface area (Å²) in [5.74, 6) is -0.569. The highest BCUT2D eigenvalue weighted by atomic mass is 16.6. The van der Waals surface area contributed by atoms with Crippen LogP contribution in [0.5, 0.6) is 5.75 Å². The third-order valence-corrected chi connectivity index (χ3v) is 8.87. The van der Waals surface area contributed by atoms with E-state index in [1.165, 1.54) is 27.3 Å². The third-order valence-electron chi connectivity index (χ3n) is 8.87. The molecule has 1 aliphatic carbocycles. The molecule has 1 saturated carbocycles. The maximum absolute atomic E-state index is 11.5. The minimum atomic E-state index is -1.25. The number of aliphatic imine (C=N–C) groups is 1. The van der Waals surface area contributed by atoms with Gasteiger partial charge < -0.3 is 14.6 Å². The van der Waals surface area contributed by atoms with Crippen LogP contribution in [0, 0.1) is 0 Å². The smallest absolute Gasteiger partial charge is 0.293 e. The molecule has 5 atom stereocenters. The van der Waals surface area contributed by atoms with E-state index in [2.05, 4.69) is 92.1 Å². The topological polar surface area (TPSA) is 54.1 Å². The second kappa shape index (κ2) is 6.85. The molecule has 0 radical (unpaired) electrons. The molecule has 184 valence electrons. The van der Waals surface area contributed by atoms with E-state index >= 15 is 0 Å². The summed E-state index contributed by atoms with van der Waals surface area (Å²) in [6.07, 6.45) is 1.53. The van der Waals surface area contributed by atoms with Crippen LogP contribution in [-0.4, -0.2) is 46.9 Å². The van der Waals surface area contributed by atoms with Crippen molar-refractivity contribution < 1.29 is 19.2 Å². The van der Waals surface area contributed by atoms with Crippen LogP contribution in [0.1, 0.15) is 54.9 Å². The summed E-state index contributed by atoms with van der Waals surface area (Å²) in [6.45, 7) is 6.74. The van der Waals surface area contributed by atoms with Gasteiger partial charge in [-0.3, -0.25) is 0 Å². The van der Waals surface area contributed by atoms with Crippen molar-refractivity contribution in [2.45, 2.75) is 56.1 Å². The van der Waals surface area contributed by atoms with Crippen LogP contribution in [0.2, 0.25) is 0 Å². The predicted octanol–water partition coefficient (Wildman–Crippen LogP) is 5.45. The zero-order chi connectivity index (χ0) is 25.3. The van der Waals surface area contributed by atoms with Gasteiger partial charge in [-0.15, -0.1) is 0 Å². The molecular weight excluding hydrogens is 460 g/mol. The van der Waals surface area contributed by atoms with Crippen molar-refractivity contribution in [1.29, 1.82) is 0 Å². The molecule has 0 saturated heterocycles. The van der Waals surface area contributed by atoms with Crippen molar-refractivity contribution in [1.82, 2.24) is 0 Å². The number of methoxy groups -OCH3 is 1. The van der Waals surface area contributed by atoms with Crippen LogP contribution < -0.4 is 4.74 Å². The molecule has 8 rings (SSSR count). The van der Waals surface area contributed by atoms with Gasteiger partial charge in [-0.2, -0.15) is 0 Å². The molecule has 3 heterocycles. The maximum Gasteiger partial charge on any atom is 0.293 e. The van der Waals surface area contributed by atoms with Gasteiger partial charge in [0.2, 0.25) is 5.79 Å². The van der Waals surface area contributed by atoms with E-state index in [1.807, 2.05) is 6.34 Å². The Morgan fingerprint density at radius 2 is 1.73 bits per heavy atom. The Balaban J connectivity index is 1.42. The van der Waals surface area contributed by atoms with Crippen molar-refractivity contribution in [2.75, 3.05) is 7.11 Å². The lowest BCUT2D eigenvalue weighted by Gasteiger charge is -2.27. The number of benzene rings is 4. The molecule has 4 aromatic carbocycles. The van der Waals surface area contributed by atoms with Gasteiger partial charge in [-0.25, -0.2) is 4.58 Å². The van der Waals surface area contributed by atoms with Crippen LogP contribution in [-0.2, 0) is 10.2 Å². The largest absolute Gasteiger partial charge is 0.447 e. The fourth-order valence-corrected chi connectivity index (χ4v) is 6.89. The van der Waals surface area contributed by atoms with Crippen molar-refractivity contribution in [2.24, 2.45) is 4.99 Å². The van der Waals surface area contributed by atoms with Crippen molar-refractivity contribution in [3.8, 4) is 5.75 Å².